The van der Waals surface area contributed by atoms with Crippen LogP contribution in [0.1, 0.15) is 31.6 Å². The molecule has 1 aliphatic rings. The lowest BCUT2D eigenvalue weighted by Crippen LogP contribution is -2.50. The monoisotopic (exact) mass is 316 g/mol. The highest BCUT2D eigenvalue weighted by atomic mass is 32.2. The predicted octanol–water partition coefficient (Wildman–Crippen LogP) is 2.46. The standard InChI is InChI=1S/C14H24N2O2S2/c1-4-8-15-13-7-9-16(10-11(13)2)20(17,18)14-6-5-12(3)19-14/h5-6,11,13,15H,4,7-10H2,1-3H3. The van der Waals surface area contributed by atoms with Crippen molar-refractivity contribution in [1.82, 2.24) is 9.62 Å². The predicted molar refractivity (Wildman–Crippen MR) is 83.7 cm³/mol. The Kier molecular flexibility index (Phi) is 5.23. The number of hydrogen-bond donors (Lipinski definition) is 1. The van der Waals surface area contributed by atoms with Gasteiger partial charge >= 0.3 is 0 Å². The summed E-state index contributed by atoms with van der Waals surface area (Å²) in [5, 5.41) is 3.52. The maximum Gasteiger partial charge on any atom is 0.252 e. The minimum Gasteiger partial charge on any atom is -0.314 e. The highest BCUT2D eigenvalue weighted by Gasteiger charge is 2.33. The number of rotatable bonds is 5. The minimum atomic E-state index is -3.29. The molecule has 114 valence electrons. The van der Waals surface area contributed by atoms with Gasteiger partial charge in [0.2, 0.25) is 0 Å². The maximum absolute atomic E-state index is 12.6. The molecule has 1 aromatic heterocycles. The fourth-order valence-corrected chi connectivity index (χ4v) is 5.63. The average molecular weight is 316 g/mol. The second kappa shape index (κ2) is 6.56. The smallest absolute Gasteiger partial charge is 0.252 e. The van der Waals surface area contributed by atoms with Crippen LogP contribution in [0.4, 0.5) is 0 Å². The Morgan fingerprint density at radius 2 is 2.20 bits per heavy atom. The van der Waals surface area contributed by atoms with E-state index >= 15 is 0 Å². The molecule has 2 atom stereocenters. The highest BCUT2D eigenvalue weighted by Crippen LogP contribution is 2.28. The van der Waals surface area contributed by atoms with Crippen LogP contribution in [0.3, 0.4) is 0 Å². The molecule has 0 aliphatic carbocycles. The van der Waals surface area contributed by atoms with Gasteiger partial charge in [-0.25, -0.2) is 8.42 Å². The van der Waals surface area contributed by atoms with Gasteiger partial charge in [0.25, 0.3) is 10.0 Å². The Bertz CT molecular complexity index is 539. The van der Waals surface area contributed by atoms with Gasteiger partial charge in [0.1, 0.15) is 4.21 Å². The van der Waals surface area contributed by atoms with E-state index < -0.39 is 10.0 Å². The van der Waals surface area contributed by atoms with Crippen LogP contribution in [0, 0.1) is 12.8 Å². The van der Waals surface area contributed by atoms with Gasteiger partial charge in [0.15, 0.2) is 0 Å². The lowest BCUT2D eigenvalue weighted by atomic mass is 9.95. The molecule has 1 aromatic rings. The molecule has 0 aromatic carbocycles. The summed E-state index contributed by atoms with van der Waals surface area (Å²) in [7, 11) is -3.29. The number of hydrogen-bond acceptors (Lipinski definition) is 4. The zero-order chi connectivity index (χ0) is 14.8. The Morgan fingerprint density at radius 1 is 1.45 bits per heavy atom. The van der Waals surface area contributed by atoms with Crippen LogP contribution in [0.25, 0.3) is 0 Å². The largest absolute Gasteiger partial charge is 0.314 e. The molecule has 4 nitrogen and oxygen atoms in total. The van der Waals surface area contributed by atoms with Crippen LogP contribution in [0.5, 0.6) is 0 Å². The fraction of sp³-hybridized carbons (Fsp3) is 0.714. The third kappa shape index (κ3) is 3.42. The quantitative estimate of drug-likeness (QED) is 0.908. The molecule has 0 saturated carbocycles. The van der Waals surface area contributed by atoms with Crippen LogP contribution in [-0.2, 0) is 10.0 Å². The van der Waals surface area contributed by atoms with Gasteiger partial charge in [-0.2, -0.15) is 4.31 Å². The summed E-state index contributed by atoms with van der Waals surface area (Å²) in [5.41, 5.74) is 0. The third-order valence-electron chi connectivity index (χ3n) is 3.83. The molecular weight excluding hydrogens is 292 g/mol. The van der Waals surface area contributed by atoms with Gasteiger partial charge < -0.3 is 5.32 Å². The number of thiophene rings is 1. The highest BCUT2D eigenvalue weighted by molar-refractivity contribution is 7.91. The molecule has 0 amide bonds. The number of nitrogens with zero attached hydrogens (tertiary/aromatic N) is 1. The molecule has 20 heavy (non-hydrogen) atoms. The zero-order valence-corrected chi connectivity index (χ0v) is 14.1. The van der Waals surface area contributed by atoms with Crippen molar-refractivity contribution in [2.24, 2.45) is 5.92 Å². The van der Waals surface area contributed by atoms with Crippen molar-refractivity contribution in [3.8, 4) is 0 Å². The van der Waals surface area contributed by atoms with Crippen molar-refractivity contribution in [1.29, 1.82) is 0 Å². The van der Waals surface area contributed by atoms with E-state index in [1.54, 1.807) is 10.4 Å². The molecule has 1 saturated heterocycles. The van der Waals surface area contributed by atoms with Gasteiger partial charge in [-0.15, -0.1) is 11.3 Å². The van der Waals surface area contributed by atoms with Crippen molar-refractivity contribution >= 4 is 21.4 Å². The van der Waals surface area contributed by atoms with Gasteiger partial charge in [0, 0.05) is 24.0 Å². The Morgan fingerprint density at radius 3 is 2.75 bits per heavy atom. The second-order valence-corrected chi connectivity index (χ2v) is 9.01. The normalized spacial score (nSPS) is 24.9. The topological polar surface area (TPSA) is 49.4 Å². The van der Waals surface area contributed by atoms with E-state index in [1.165, 1.54) is 11.3 Å². The maximum atomic E-state index is 12.6. The molecule has 1 N–H and O–H groups in total. The number of sulfonamides is 1. The van der Waals surface area contributed by atoms with Gasteiger partial charge in [-0.1, -0.05) is 13.8 Å². The summed E-state index contributed by atoms with van der Waals surface area (Å²) in [6.45, 7) is 8.45. The van der Waals surface area contributed by atoms with Gasteiger partial charge in [-0.3, -0.25) is 0 Å². The molecule has 0 bridgehead atoms. The SMILES string of the molecule is CCCNC1CCN(S(=O)(=O)c2ccc(C)s2)CC1C. The second-order valence-electron chi connectivity index (χ2n) is 5.55. The molecule has 0 spiro atoms. The molecule has 6 heteroatoms. The Balaban J connectivity index is 2.05. The molecular formula is C14H24N2O2S2. The van der Waals surface area contributed by atoms with E-state index in [2.05, 4.69) is 19.2 Å². The summed E-state index contributed by atoms with van der Waals surface area (Å²) in [5.74, 6) is 0.353. The van der Waals surface area contributed by atoms with E-state index in [9.17, 15) is 8.42 Å². The fourth-order valence-electron chi connectivity index (χ4n) is 2.64. The van der Waals surface area contributed by atoms with E-state index in [0.717, 1.165) is 24.3 Å². The first-order chi connectivity index (χ1) is 9.45. The van der Waals surface area contributed by atoms with Crippen molar-refractivity contribution in [3.05, 3.63) is 17.0 Å². The summed E-state index contributed by atoms with van der Waals surface area (Å²) in [4.78, 5) is 1.04. The van der Waals surface area contributed by atoms with Gasteiger partial charge in [0.05, 0.1) is 0 Å². The molecule has 1 fully saturated rings. The van der Waals surface area contributed by atoms with Crippen LogP contribution in [0.2, 0.25) is 0 Å². The molecule has 2 unspecified atom stereocenters. The van der Waals surface area contributed by atoms with Gasteiger partial charge in [-0.05, 0) is 44.4 Å². The van der Waals surface area contributed by atoms with Crippen LogP contribution < -0.4 is 5.32 Å². The van der Waals surface area contributed by atoms with E-state index in [0.29, 0.717) is 29.3 Å². The van der Waals surface area contributed by atoms with Crippen LogP contribution in [0.15, 0.2) is 16.3 Å². The van der Waals surface area contributed by atoms with Crippen LogP contribution >= 0.6 is 11.3 Å². The molecule has 0 radical (unpaired) electrons. The summed E-state index contributed by atoms with van der Waals surface area (Å²) in [6, 6.07) is 4.03. The van der Waals surface area contributed by atoms with Crippen molar-refractivity contribution < 1.29 is 8.42 Å². The number of nitrogens with one attached hydrogen (secondary N) is 1. The summed E-state index contributed by atoms with van der Waals surface area (Å²) < 4.78 is 27.3. The lowest BCUT2D eigenvalue weighted by Gasteiger charge is -2.36. The number of aryl methyl sites for hydroxylation is 1. The van der Waals surface area contributed by atoms with Crippen molar-refractivity contribution in [2.45, 2.75) is 43.9 Å². The zero-order valence-electron chi connectivity index (χ0n) is 12.4. The Hall–Kier alpha value is -0.430. The van der Waals surface area contributed by atoms with Crippen molar-refractivity contribution in [3.63, 3.8) is 0 Å². The minimum absolute atomic E-state index is 0.353. The van der Waals surface area contributed by atoms with Crippen molar-refractivity contribution in [2.75, 3.05) is 19.6 Å². The van der Waals surface area contributed by atoms with Crippen LogP contribution in [-0.4, -0.2) is 38.4 Å². The van der Waals surface area contributed by atoms with E-state index in [4.69, 9.17) is 0 Å². The molecule has 1 aliphatic heterocycles. The van der Waals surface area contributed by atoms with E-state index in [-0.39, 0.29) is 0 Å². The molecule has 2 rings (SSSR count). The third-order valence-corrected chi connectivity index (χ3v) is 7.17. The summed E-state index contributed by atoms with van der Waals surface area (Å²) >= 11 is 1.36. The lowest BCUT2D eigenvalue weighted by molar-refractivity contribution is 0.221. The van der Waals surface area contributed by atoms with E-state index in [1.807, 2.05) is 13.0 Å². The first kappa shape index (κ1) is 15.9. The number of piperidine rings is 1. The first-order valence-electron chi connectivity index (χ1n) is 7.25. The molecule has 2 heterocycles. The first-order valence-corrected chi connectivity index (χ1v) is 9.50. The Labute approximate surface area is 126 Å². The summed E-state index contributed by atoms with van der Waals surface area (Å²) in [6.07, 6.45) is 2.00. The average Bonchev–Trinajstić information content (AvgIpc) is 2.84.